The summed E-state index contributed by atoms with van der Waals surface area (Å²) in [5.41, 5.74) is 2.65. The molecule has 1 heterocycles. The van der Waals surface area contributed by atoms with Crippen molar-refractivity contribution >= 4 is 0 Å². The van der Waals surface area contributed by atoms with Gasteiger partial charge in [-0.2, -0.15) is 0 Å². The van der Waals surface area contributed by atoms with Crippen molar-refractivity contribution in [2.24, 2.45) is 0 Å². The maximum Gasteiger partial charge on any atom is 0.183 e. The van der Waals surface area contributed by atoms with E-state index < -0.39 is 0 Å². The molecule has 0 aliphatic carbocycles. The minimum absolute atomic E-state index is 0.187. The minimum atomic E-state index is -0.362. The number of hydrogen-bond donors (Lipinski definition) is 0. The smallest absolute Gasteiger partial charge is 0.183 e. The van der Waals surface area contributed by atoms with Crippen molar-refractivity contribution in [1.29, 1.82) is 0 Å². The molecular formula is C17H17FO2. The lowest BCUT2D eigenvalue weighted by molar-refractivity contribution is -0.183. The molecule has 2 aromatic rings. The second-order valence-corrected chi connectivity index (χ2v) is 4.94. The van der Waals surface area contributed by atoms with Crippen molar-refractivity contribution in [3.8, 4) is 0 Å². The summed E-state index contributed by atoms with van der Waals surface area (Å²) in [7, 11) is 0. The third kappa shape index (κ3) is 3.06. The summed E-state index contributed by atoms with van der Waals surface area (Å²) in [6, 6.07) is 15.0. The molecule has 0 aromatic heterocycles. The quantitative estimate of drug-likeness (QED) is 0.845. The van der Waals surface area contributed by atoms with Gasteiger partial charge in [-0.05, 0) is 29.7 Å². The van der Waals surface area contributed by atoms with Crippen LogP contribution in [0.2, 0.25) is 0 Å². The molecule has 0 saturated carbocycles. The average molecular weight is 272 g/mol. The van der Waals surface area contributed by atoms with Crippen molar-refractivity contribution in [2.45, 2.75) is 19.1 Å². The van der Waals surface area contributed by atoms with Crippen LogP contribution in [0.4, 0.5) is 4.39 Å². The molecule has 0 radical (unpaired) electrons. The molecule has 0 spiro atoms. The van der Waals surface area contributed by atoms with Gasteiger partial charge in [0.05, 0.1) is 13.2 Å². The Bertz CT molecular complexity index is 562. The summed E-state index contributed by atoms with van der Waals surface area (Å²) in [5, 5.41) is 0. The number of rotatable bonds is 3. The summed E-state index contributed by atoms with van der Waals surface area (Å²) in [6.45, 7) is 1.38. The standard InChI is InChI=1S/C17H17FO2/c18-16-8-7-14(17-19-9-4-10-20-17)12-15(16)11-13-5-2-1-3-6-13/h1-3,5-8,12,17H,4,9-11H2. The van der Waals surface area contributed by atoms with Crippen molar-refractivity contribution in [2.75, 3.05) is 13.2 Å². The number of benzene rings is 2. The van der Waals surface area contributed by atoms with Crippen LogP contribution in [0.5, 0.6) is 0 Å². The largest absolute Gasteiger partial charge is 0.348 e. The highest BCUT2D eigenvalue weighted by Gasteiger charge is 2.18. The van der Waals surface area contributed by atoms with Gasteiger partial charge in [0.2, 0.25) is 0 Å². The first kappa shape index (κ1) is 13.3. The fourth-order valence-electron chi connectivity index (χ4n) is 2.37. The maximum absolute atomic E-state index is 13.9. The monoisotopic (exact) mass is 272 g/mol. The molecule has 20 heavy (non-hydrogen) atoms. The van der Waals surface area contributed by atoms with E-state index in [2.05, 4.69) is 0 Å². The van der Waals surface area contributed by atoms with Crippen LogP contribution >= 0.6 is 0 Å². The highest BCUT2D eigenvalue weighted by atomic mass is 19.1. The number of ether oxygens (including phenoxy) is 2. The lowest BCUT2D eigenvalue weighted by Gasteiger charge is -2.24. The third-order valence-corrected chi connectivity index (χ3v) is 3.41. The second kappa shape index (κ2) is 6.16. The Balaban J connectivity index is 1.83. The Morgan fingerprint density at radius 3 is 2.50 bits per heavy atom. The molecule has 0 atom stereocenters. The van der Waals surface area contributed by atoms with Crippen LogP contribution in [-0.4, -0.2) is 13.2 Å². The van der Waals surface area contributed by atoms with Crippen LogP contribution in [-0.2, 0) is 15.9 Å². The molecule has 0 bridgehead atoms. The first-order valence-corrected chi connectivity index (χ1v) is 6.88. The molecule has 104 valence electrons. The summed E-state index contributed by atoms with van der Waals surface area (Å²) < 4.78 is 25.1. The topological polar surface area (TPSA) is 18.5 Å². The van der Waals surface area contributed by atoms with Gasteiger partial charge in [0.15, 0.2) is 6.29 Å². The van der Waals surface area contributed by atoms with Crippen LogP contribution in [0.3, 0.4) is 0 Å². The average Bonchev–Trinajstić information content (AvgIpc) is 2.51. The Labute approximate surface area is 118 Å². The maximum atomic E-state index is 13.9. The van der Waals surface area contributed by atoms with Crippen LogP contribution in [0, 0.1) is 5.82 Å². The predicted molar refractivity (Wildman–Crippen MR) is 74.9 cm³/mol. The second-order valence-electron chi connectivity index (χ2n) is 4.94. The van der Waals surface area contributed by atoms with Crippen molar-refractivity contribution in [3.63, 3.8) is 0 Å². The van der Waals surface area contributed by atoms with Gasteiger partial charge in [0.25, 0.3) is 0 Å². The molecule has 0 N–H and O–H groups in total. The molecule has 1 fully saturated rings. The van der Waals surface area contributed by atoms with E-state index >= 15 is 0 Å². The fourth-order valence-corrected chi connectivity index (χ4v) is 2.37. The first-order chi connectivity index (χ1) is 9.83. The van der Waals surface area contributed by atoms with Crippen LogP contribution in [0.1, 0.15) is 29.4 Å². The van der Waals surface area contributed by atoms with Gasteiger partial charge in [-0.1, -0.05) is 36.4 Å². The van der Waals surface area contributed by atoms with Gasteiger partial charge in [-0.25, -0.2) is 4.39 Å². The van der Waals surface area contributed by atoms with Crippen molar-refractivity contribution in [1.82, 2.24) is 0 Å². The van der Waals surface area contributed by atoms with E-state index in [9.17, 15) is 4.39 Å². The molecule has 3 rings (SSSR count). The van der Waals surface area contributed by atoms with Crippen LogP contribution in [0.15, 0.2) is 48.5 Å². The third-order valence-electron chi connectivity index (χ3n) is 3.41. The Morgan fingerprint density at radius 2 is 1.75 bits per heavy atom. The predicted octanol–water partition coefficient (Wildman–Crippen LogP) is 3.85. The zero-order valence-corrected chi connectivity index (χ0v) is 11.2. The highest BCUT2D eigenvalue weighted by molar-refractivity contribution is 5.31. The van der Waals surface area contributed by atoms with Gasteiger partial charge < -0.3 is 9.47 Å². The fraction of sp³-hybridized carbons (Fsp3) is 0.294. The highest BCUT2D eigenvalue weighted by Crippen LogP contribution is 2.25. The van der Waals surface area contributed by atoms with E-state index in [1.807, 2.05) is 36.4 Å². The van der Waals surface area contributed by atoms with E-state index in [-0.39, 0.29) is 12.1 Å². The van der Waals surface area contributed by atoms with Gasteiger partial charge in [-0.15, -0.1) is 0 Å². The van der Waals surface area contributed by atoms with E-state index in [1.54, 1.807) is 6.07 Å². The first-order valence-electron chi connectivity index (χ1n) is 6.88. The van der Waals surface area contributed by atoms with Gasteiger partial charge in [-0.3, -0.25) is 0 Å². The Kier molecular flexibility index (Phi) is 4.09. The van der Waals surface area contributed by atoms with E-state index in [0.717, 1.165) is 17.5 Å². The molecule has 1 saturated heterocycles. The lowest BCUT2D eigenvalue weighted by Crippen LogP contribution is -2.18. The molecule has 2 nitrogen and oxygen atoms in total. The molecule has 1 aliphatic heterocycles. The van der Waals surface area contributed by atoms with E-state index in [1.165, 1.54) is 6.07 Å². The van der Waals surface area contributed by atoms with Crippen molar-refractivity contribution < 1.29 is 13.9 Å². The Hall–Kier alpha value is -1.71. The number of halogens is 1. The molecule has 1 aliphatic rings. The molecule has 2 aromatic carbocycles. The molecular weight excluding hydrogens is 255 g/mol. The molecule has 3 heteroatoms. The van der Waals surface area contributed by atoms with Crippen molar-refractivity contribution in [3.05, 3.63) is 71.0 Å². The van der Waals surface area contributed by atoms with Gasteiger partial charge in [0.1, 0.15) is 5.82 Å². The molecule has 0 unspecified atom stereocenters. The minimum Gasteiger partial charge on any atom is -0.348 e. The van der Waals surface area contributed by atoms with Gasteiger partial charge >= 0.3 is 0 Å². The van der Waals surface area contributed by atoms with Crippen LogP contribution in [0.25, 0.3) is 0 Å². The van der Waals surface area contributed by atoms with Crippen LogP contribution < -0.4 is 0 Å². The normalized spacial score (nSPS) is 16.2. The SMILES string of the molecule is Fc1ccc(C2OCCCO2)cc1Cc1ccccc1. The zero-order chi connectivity index (χ0) is 13.8. The lowest BCUT2D eigenvalue weighted by atomic mass is 10.0. The number of hydrogen-bond acceptors (Lipinski definition) is 2. The van der Waals surface area contributed by atoms with E-state index in [4.69, 9.17) is 9.47 Å². The van der Waals surface area contributed by atoms with E-state index in [0.29, 0.717) is 25.2 Å². The summed E-state index contributed by atoms with van der Waals surface area (Å²) in [6.07, 6.45) is 1.13. The summed E-state index contributed by atoms with van der Waals surface area (Å²) in [5.74, 6) is -0.187. The summed E-state index contributed by atoms with van der Waals surface area (Å²) >= 11 is 0. The molecule has 0 amide bonds. The Morgan fingerprint density at radius 1 is 1.00 bits per heavy atom. The summed E-state index contributed by atoms with van der Waals surface area (Å²) in [4.78, 5) is 0. The zero-order valence-electron chi connectivity index (χ0n) is 11.2. The van der Waals surface area contributed by atoms with Gasteiger partial charge in [0, 0.05) is 12.0 Å².